The molecular formula is C15H17Cl2FN4S. The maximum absolute atomic E-state index is 14.1. The molecule has 1 aliphatic heterocycles. The van der Waals surface area contributed by atoms with E-state index >= 15 is 0 Å². The third-order valence-corrected chi connectivity index (χ3v) is 4.45. The smallest absolute Gasteiger partial charge is 0.154 e. The largest absolute Gasteiger partial charge is 0.379 e. The van der Waals surface area contributed by atoms with E-state index in [1.807, 2.05) is 13.0 Å². The summed E-state index contributed by atoms with van der Waals surface area (Å²) in [6.45, 7) is 2.03. The van der Waals surface area contributed by atoms with Gasteiger partial charge in [0.2, 0.25) is 0 Å². The highest BCUT2D eigenvalue weighted by molar-refractivity contribution is 8.13. The number of hydrogen-bond donors (Lipinski definition) is 1. The SMILES string of the molecule is CC1(c2ccc(F)c(-c3cncnc3)c2)CCSC(N)=N1.Cl.Cl. The van der Waals surface area contributed by atoms with E-state index in [9.17, 15) is 4.39 Å². The molecule has 0 radical (unpaired) electrons. The number of hydrogen-bond acceptors (Lipinski definition) is 5. The molecule has 0 spiro atoms. The molecule has 1 aromatic heterocycles. The fourth-order valence-corrected chi connectivity index (χ4v) is 3.39. The average molecular weight is 375 g/mol. The number of benzene rings is 1. The van der Waals surface area contributed by atoms with Gasteiger partial charge in [0.15, 0.2) is 5.17 Å². The van der Waals surface area contributed by atoms with Gasteiger partial charge >= 0.3 is 0 Å². The lowest BCUT2D eigenvalue weighted by molar-refractivity contribution is 0.481. The number of aromatic nitrogens is 2. The van der Waals surface area contributed by atoms with Gasteiger partial charge in [-0.25, -0.2) is 14.4 Å². The van der Waals surface area contributed by atoms with Crippen LogP contribution in [0.15, 0.2) is 41.9 Å². The van der Waals surface area contributed by atoms with E-state index in [2.05, 4.69) is 15.0 Å². The molecule has 2 N–H and O–H groups in total. The summed E-state index contributed by atoms with van der Waals surface area (Å²) in [4.78, 5) is 12.4. The van der Waals surface area contributed by atoms with E-state index in [0.29, 0.717) is 16.3 Å². The summed E-state index contributed by atoms with van der Waals surface area (Å²) in [6, 6.07) is 5.06. The predicted octanol–water partition coefficient (Wildman–Crippen LogP) is 3.79. The van der Waals surface area contributed by atoms with Crippen LogP contribution in [0.5, 0.6) is 0 Å². The molecule has 0 aliphatic carbocycles. The van der Waals surface area contributed by atoms with Gasteiger partial charge in [-0.3, -0.25) is 4.99 Å². The normalized spacial score (nSPS) is 20.0. The van der Waals surface area contributed by atoms with Gasteiger partial charge in [-0.15, -0.1) is 24.8 Å². The maximum Gasteiger partial charge on any atom is 0.154 e. The van der Waals surface area contributed by atoms with Crippen LogP contribution in [0.4, 0.5) is 4.39 Å². The molecule has 124 valence electrons. The Kier molecular flexibility index (Phi) is 6.80. The highest BCUT2D eigenvalue weighted by Crippen LogP contribution is 2.37. The molecule has 1 aromatic carbocycles. The van der Waals surface area contributed by atoms with Crippen LogP contribution in [-0.4, -0.2) is 20.9 Å². The van der Waals surface area contributed by atoms with Crippen LogP contribution >= 0.6 is 36.6 Å². The molecule has 1 unspecified atom stereocenters. The molecule has 2 aromatic rings. The Bertz CT molecular complexity index is 699. The number of halogens is 3. The Morgan fingerprint density at radius 2 is 1.91 bits per heavy atom. The lowest BCUT2D eigenvalue weighted by atomic mass is 9.88. The molecule has 1 aliphatic rings. The van der Waals surface area contributed by atoms with E-state index in [1.165, 1.54) is 12.4 Å². The van der Waals surface area contributed by atoms with Crippen molar-refractivity contribution in [2.24, 2.45) is 10.7 Å². The van der Waals surface area contributed by atoms with Crippen molar-refractivity contribution in [1.29, 1.82) is 0 Å². The Hall–Kier alpha value is -1.37. The van der Waals surface area contributed by atoms with E-state index in [4.69, 9.17) is 5.73 Å². The number of amidine groups is 1. The van der Waals surface area contributed by atoms with Gasteiger partial charge in [0.05, 0.1) is 5.54 Å². The number of aliphatic imine (C=N–C) groups is 1. The van der Waals surface area contributed by atoms with Crippen LogP contribution in [0.3, 0.4) is 0 Å². The maximum atomic E-state index is 14.1. The van der Waals surface area contributed by atoms with Crippen molar-refractivity contribution in [2.45, 2.75) is 18.9 Å². The van der Waals surface area contributed by atoms with Gasteiger partial charge in [-0.1, -0.05) is 17.8 Å². The van der Waals surface area contributed by atoms with Crippen LogP contribution in [0.2, 0.25) is 0 Å². The first-order valence-electron chi connectivity index (χ1n) is 6.62. The highest BCUT2D eigenvalue weighted by Gasteiger charge is 2.30. The topological polar surface area (TPSA) is 64.2 Å². The van der Waals surface area contributed by atoms with Gasteiger partial charge in [-0.2, -0.15) is 0 Å². The van der Waals surface area contributed by atoms with E-state index in [1.54, 1.807) is 30.2 Å². The molecule has 0 amide bonds. The van der Waals surface area contributed by atoms with E-state index < -0.39 is 5.54 Å². The molecule has 0 fully saturated rings. The molecule has 0 saturated heterocycles. The van der Waals surface area contributed by atoms with Crippen molar-refractivity contribution in [1.82, 2.24) is 9.97 Å². The van der Waals surface area contributed by atoms with E-state index in [0.717, 1.165) is 17.7 Å². The zero-order chi connectivity index (χ0) is 14.9. The standard InChI is InChI=1S/C15H15FN4S.2ClH/c1-15(4-5-21-14(17)20-15)11-2-3-13(16)12(6-11)10-7-18-9-19-8-10;;/h2-3,6-9H,4-5H2,1H3,(H2,17,20);2*1H. The number of rotatable bonds is 2. The summed E-state index contributed by atoms with van der Waals surface area (Å²) in [7, 11) is 0. The molecule has 1 atom stereocenters. The first kappa shape index (κ1) is 19.7. The second-order valence-corrected chi connectivity index (χ2v) is 6.26. The minimum Gasteiger partial charge on any atom is -0.379 e. The summed E-state index contributed by atoms with van der Waals surface area (Å²) in [5, 5.41) is 0.581. The van der Waals surface area contributed by atoms with E-state index in [-0.39, 0.29) is 30.6 Å². The summed E-state index contributed by atoms with van der Waals surface area (Å²) >= 11 is 1.55. The first-order valence-corrected chi connectivity index (χ1v) is 7.61. The minimum atomic E-state index is -0.409. The molecule has 0 saturated carbocycles. The average Bonchev–Trinajstić information content (AvgIpc) is 2.48. The lowest BCUT2D eigenvalue weighted by Gasteiger charge is -2.30. The van der Waals surface area contributed by atoms with Gasteiger partial charge in [0.25, 0.3) is 0 Å². The summed E-state index contributed by atoms with van der Waals surface area (Å²) in [5.74, 6) is 0.617. The van der Waals surface area contributed by atoms with Crippen LogP contribution in [-0.2, 0) is 5.54 Å². The molecule has 23 heavy (non-hydrogen) atoms. The monoisotopic (exact) mass is 374 g/mol. The molecule has 8 heteroatoms. The first-order chi connectivity index (χ1) is 10.1. The summed E-state index contributed by atoms with van der Waals surface area (Å²) in [6.07, 6.45) is 5.50. The zero-order valence-electron chi connectivity index (χ0n) is 12.4. The molecular weight excluding hydrogens is 358 g/mol. The second kappa shape index (κ2) is 7.95. The highest BCUT2D eigenvalue weighted by atomic mass is 35.5. The molecule has 3 rings (SSSR count). The predicted molar refractivity (Wildman–Crippen MR) is 98.0 cm³/mol. The molecule has 0 bridgehead atoms. The number of thioether (sulfide) groups is 1. The summed E-state index contributed by atoms with van der Waals surface area (Å²) < 4.78 is 14.1. The van der Waals surface area contributed by atoms with Gasteiger partial charge < -0.3 is 5.73 Å². The Labute approximate surface area is 151 Å². The van der Waals surface area contributed by atoms with Crippen molar-refractivity contribution in [2.75, 3.05) is 5.75 Å². The van der Waals surface area contributed by atoms with Gasteiger partial charge in [0, 0.05) is 29.3 Å². The second-order valence-electron chi connectivity index (χ2n) is 5.14. The van der Waals surface area contributed by atoms with Crippen LogP contribution in [0, 0.1) is 5.82 Å². The molecule has 2 heterocycles. The fourth-order valence-electron chi connectivity index (χ4n) is 2.41. The lowest BCUT2D eigenvalue weighted by Crippen LogP contribution is -2.28. The quantitative estimate of drug-likeness (QED) is 0.868. The summed E-state index contributed by atoms with van der Waals surface area (Å²) in [5.41, 5.74) is 7.53. The van der Waals surface area contributed by atoms with Crippen molar-refractivity contribution in [3.05, 3.63) is 48.3 Å². The van der Waals surface area contributed by atoms with Crippen LogP contribution in [0.25, 0.3) is 11.1 Å². The van der Waals surface area contributed by atoms with Crippen LogP contribution < -0.4 is 5.73 Å². The third-order valence-electron chi connectivity index (χ3n) is 3.66. The number of nitrogens with zero attached hydrogens (tertiary/aromatic N) is 3. The number of nitrogens with two attached hydrogens (primary N) is 1. The minimum absolute atomic E-state index is 0. The van der Waals surface area contributed by atoms with Crippen molar-refractivity contribution in [3.63, 3.8) is 0 Å². The molecule has 4 nitrogen and oxygen atoms in total. The third kappa shape index (κ3) is 4.13. The zero-order valence-corrected chi connectivity index (χ0v) is 14.8. The van der Waals surface area contributed by atoms with Crippen molar-refractivity contribution < 1.29 is 4.39 Å². The Balaban J connectivity index is 0.00000132. The van der Waals surface area contributed by atoms with Crippen molar-refractivity contribution in [3.8, 4) is 11.1 Å². The fraction of sp³-hybridized carbons (Fsp3) is 0.267. The Morgan fingerprint density at radius 1 is 1.22 bits per heavy atom. The van der Waals surface area contributed by atoms with Crippen LogP contribution in [0.1, 0.15) is 18.9 Å². The van der Waals surface area contributed by atoms with Crippen molar-refractivity contribution >= 4 is 41.7 Å². The van der Waals surface area contributed by atoms with Gasteiger partial charge in [-0.05, 0) is 31.0 Å². The Morgan fingerprint density at radius 3 is 2.57 bits per heavy atom. The van der Waals surface area contributed by atoms with Gasteiger partial charge in [0.1, 0.15) is 12.1 Å².